The molecule has 0 fully saturated rings. The van der Waals surface area contributed by atoms with Gasteiger partial charge in [-0.05, 0) is 18.6 Å². The van der Waals surface area contributed by atoms with Gasteiger partial charge in [0.1, 0.15) is 0 Å². The van der Waals surface area contributed by atoms with Crippen LogP contribution in [0.25, 0.3) is 0 Å². The summed E-state index contributed by atoms with van der Waals surface area (Å²) in [6, 6.07) is 3.93. The van der Waals surface area contributed by atoms with Crippen molar-refractivity contribution in [1.82, 2.24) is 0 Å². The van der Waals surface area contributed by atoms with E-state index in [-0.39, 0.29) is 6.61 Å². The topological polar surface area (TPSA) is 35.5 Å². The molecule has 0 aliphatic rings. The minimum atomic E-state index is -7.99. The molecule has 0 aliphatic carbocycles. The molecule has 0 aliphatic heterocycles. The molecule has 3 nitrogen and oxygen atoms in total. The summed E-state index contributed by atoms with van der Waals surface area (Å²) in [5.74, 6) is -38.7. The molecule has 1 aromatic carbocycles. The Morgan fingerprint density at radius 2 is 1.26 bits per heavy atom. The standard InChI is InChI=1S/C18H15F13O3/c1-3-34-12(32)10-7-5-4-6-9(10)11(33-2)8-13(19,20)14(21,22)15(23,24)16(25,26)17(27,28)18(29,30)31/h4-7,11H,3,8H2,1-2H3. The molecule has 0 aromatic heterocycles. The van der Waals surface area contributed by atoms with Crippen molar-refractivity contribution >= 4 is 5.97 Å². The molecule has 0 saturated heterocycles. The lowest BCUT2D eigenvalue weighted by Crippen LogP contribution is -2.70. The van der Waals surface area contributed by atoms with Crippen LogP contribution in [0.4, 0.5) is 57.1 Å². The number of hydrogen-bond donors (Lipinski definition) is 0. The van der Waals surface area contributed by atoms with Crippen LogP contribution in [0.2, 0.25) is 0 Å². The number of halogens is 13. The second-order valence-corrected chi connectivity index (χ2v) is 6.74. The first-order chi connectivity index (χ1) is 15.1. The third-order valence-electron chi connectivity index (χ3n) is 4.53. The maximum absolute atomic E-state index is 14.2. The summed E-state index contributed by atoms with van der Waals surface area (Å²) in [6.45, 7) is 1.07. The molecule has 0 bridgehead atoms. The van der Waals surface area contributed by atoms with Gasteiger partial charge >= 0.3 is 41.8 Å². The van der Waals surface area contributed by atoms with Gasteiger partial charge in [0.15, 0.2) is 0 Å². The van der Waals surface area contributed by atoms with E-state index in [0.717, 1.165) is 24.3 Å². The number of ether oxygens (including phenoxy) is 2. The molecule has 1 atom stereocenters. The maximum atomic E-state index is 14.2. The van der Waals surface area contributed by atoms with Gasteiger partial charge in [-0.1, -0.05) is 18.2 Å². The molecule has 196 valence electrons. The van der Waals surface area contributed by atoms with E-state index in [0.29, 0.717) is 7.11 Å². The number of benzene rings is 1. The lowest BCUT2D eigenvalue weighted by atomic mass is 9.89. The number of hydrogen-bond acceptors (Lipinski definition) is 3. The van der Waals surface area contributed by atoms with Crippen LogP contribution < -0.4 is 0 Å². The van der Waals surface area contributed by atoms with E-state index in [4.69, 9.17) is 0 Å². The van der Waals surface area contributed by atoms with E-state index in [9.17, 15) is 61.9 Å². The number of esters is 1. The van der Waals surface area contributed by atoms with Crippen LogP contribution in [0.5, 0.6) is 0 Å². The maximum Gasteiger partial charge on any atom is 0.460 e. The summed E-state index contributed by atoms with van der Waals surface area (Å²) in [5.41, 5.74) is -1.26. The molecule has 0 N–H and O–H groups in total. The van der Waals surface area contributed by atoms with Crippen molar-refractivity contribution in [2.75, 3.05) is 13.7 Å². The summed E-state index contributed by atoms with van der Waals surface area (Å²) < 4.78 is 182. The van der Waals surface area contributed by atoms with Gasteiger partial charge in [0.05, 0.1) is 18.3 Å². The highest BCUT2D eigenvalue weighted by atomic mass is 19.4. The minimum Gasteiger partial charge on any atom is -0.462 e. The Morgan fingerprint density at radius 3 is 1.71 bits per heavy atom. The molecule has 1 rings (SSSR count). The van der Waals surface area contributed by atoms with Crippen molar-refractivity contribution in [3.05, 3.63) is 35.4 Å². The number of carbonyl (C=O) groups excluding carboxylic acids is 1. The third kappa shape index (κ3) is 4.77. The van der Waals surface area contributed by atoms with Gasteiger partial charge in [-0.15, -0.1) is 0 Å². The highest BCUT2D eigenvalue weighted by molar-refractivity contribution is 5.91. The fourth-order valence-electron chi connectivity index (χ4n) is 2.66. The van der Waals surface area contributed by atoms with Crippen LogP contribution in [-0.4, -0.2) is 55.5 Å². The van der Waals surface area contributed by atoms with Crippen molar-refractivity contribution < 1.29 is 71.3 Å². The second-order valence-electron chi connectivity index (χ2n) is 6.74. The molecular formula is C18H15F13O3. The van der Waals surface area contributed by atoms with E-state index in [1.165, 1.54) is 6.92 Å². The first kappa shape index (κ1) is 29.8. The van der Waals surface area contributed by atoms with E-state index in [1.807, 2.05) is 0 Å². The first-order valence-corrected chi connectivity index (χ1v) is 8.88. The number of carbonyl (C=O) groups is 1. The Kier molecular flexibility index (Phi) is 8.24. The predicted octanol–water partition coefficient (Wildman–Crippen LogP) is 6.68. The van der Waals surface area contributed by atoms with E-state index in [1.54, 1.807) is 0 Å². The molecule has 1 aromatic rings. The molecule has 0 radical (unpaired) electrons. The van der Waals surface area contributed by atoms with Gasteiger partial charge in [-0.25, -0.2) is 4.79 Å². The van der Waals surface area contributed by atoms with Crippen LogP contribution in [-0.2, 0) is 9.47 Å². The summed E-state index contributed by atoms with van der Waals surface area (Å²) in [5, 5.41) is 0. The fourth-order valence-corrected chi connectivity index (χ4v) is 2.66. The average molecular weight is 526 g/mol. The van der Waals surface area contributed by atoms with E-state index >= 15 is 0 Å². The summed E-state index contributed by atoms with van der Waals surface area (Å²) in [7, 11) is 0.561. The Morgan fingerprint density at radius 1 is 0.794 bits per heavy atom. The quantitative estimate of drug-likeness (QED) is 0.252. The van der Waals surface area contributed by atoms with Crippen LogP contribution in [0, 0.1) is 0 Å². The molecule has 34 heavy (non-hydrogen) atoms. The zero-order valence-electron chi connectivity index (χ0n) is 16.9. The van der Waals surface area contributed by atoms with Gasteiger partial charge in [0, 0.05) is 13.5 Å². The van der Waals surface area contributed by atoms with Crippen LogP contribution >= 0.6 is 0 Å². The van der Waals surface area contributed by atoms with Crippen molar-refractivity contribution in [2.45, 2.75) is 55.2 Å². The van der Waals surface area contributed by atoms with Gasteiger partial charge in [-0.2, -0.15) is 57.1 Å². The second kappa shape index (κ2) is 9.41. The van der Waals surface area contributed by atoms with E-state index in [2.05, 4.69) is 9.47 Å². The first-order valence-electron chi connectivity index (χ1n) is 8.88. The minimum absolute atomic E-state index is 0.256. The summed E-state index contributed by atoms with van der Waals surface area (Å²) >= 11 is 0. The molecular weight excluding hydrogens is 511 g/mol. The van der Waals surface area contributed by atoms with Crippen LogP contribution in [0.3, 0.4) is 0 Å². The fraction of sp³-hybridized carbons (Fsp3) is 0.611. The van der Waals surface area contributed by atoms with Gasteiger partial charge in [-0.3, -0.25) is 0 Å². The monoisotopic (exact) mass is 526 g/mol. The third-order valence-corrected chi connectivity index (χ3v) is 4.53. The van der Waals surface area contributed by atoms with Gasteiger partial charge in [0.2, 0.25) is 0 Å². The normalized spacial score (nSPS) is 15.3. The van der Waals surface area contributed by atoms with Gasteiger partial charge < -0.3 is 9.47 Å². The highest BCUT2D eigenvalue weighted by Crippen LogP contribution is 2.61. The number of methoxy groups -OCH3 is 1. The Balaban J connectivity index is 3.49. The van der Waals surface area contributed by atoms with Crippen molar-refractivity contribution in [1.29, 1.82) is 0 Å². The predicted molar refractivity (Wildman–Crippen MR) is 87.6 cm³/mol. The van der Waals surface area contributed by atoms with Crippen molar-refractivity contribution in [3.8, 4) is 0 Å². The zero-order chi connectivity index (χ0) is 27.0. The Labute approximate surface area is 182 Å². The van der Waals surface area contributed by atoms with Crippen molar-refractivity contribution in [3.63, 3.8) is 0 Å². The summed E-state index contributed by atoms with van der Waals surface area (Å²) in [6.07, 6.45) is -12.5. The number of alkyl halides is 13. The van der Waals surface area contributed by atoms with Gasteiger partial charge in [0.25, 0.3) is 0 Å². The SMILES string of the molecule is CCOC(=O)c1ccccc1C(CC(F)(F)C(F)(F)C(F)(F)C(F)(F)C(F)(F)C(F)(F)F)OC. The Bertz CT molecular complexity index is 865. The van der Waals surface area contributed by atoms with E-state index < -0.39 is 65.4 Å². The van der Waals surface area contributed by atoms with Crippen LogP contribution in [0.15, 0.2) is 24.3 Å². The van der Waals surface area contributed by atoms with Crippen LogP contribution in [0.1, 0.15) is 35.4 Å². The number of rotatable bonds is 10. The lowest BCUT2D eigenvalue weighted by Gasteiger charge is -2.40. The Hall–Kier alpha value is -2.26. The average Bonchev–Trinajstić information content (AvgIpc) is 2.70. The molecule has 0 saturated carbocycles. The highest BCUT2D eigenvalue weighted by Gasteiger charge is 2.90. The molecule has 0 heterocycles. The zero-order valence-corrected chi connectivity index (χ0v) is 16.9. The lowest BCUT2D eigenvalue weighted by molar-refractivity contribution is -0.440. The summed E-state index contributed by atoms with van der Waals surface area (Å²) in [4.78, 5) is 11.9. The van der Waals surface area contributed by atoms with Crippen molar-refractivity contribution in [2.24, 2.45) is 0 Å². The molecule has 1 unspecified atom stereocenters. The molecule has 16 heteroatoms. The molecule has 0 spiro atoms. The smallest absolute Gasteiger partial charge is 0.460 e. The molecule has 0 amide bonds. The largest absolute Gasteiger partial charge is 0.462 e.